The minimum absolute atomic E-state index is 0.0803. The van der Waals surface area contributed by atoms with Crippen molar-refractivity contribution in [1.82, 2.24) is 9.97 Å². The van der Waals surface area contributed by atoms with E-state index >= 15 is 0 Å². The van der Waals surface area contributed by atoms with Crippen LogP contribution in [0, 0.1) is 11.3 Å². The van der Waals surface area contributed by atoms with Crippen LogP contribution in [0.4, 0.5) is 5.95 Å². The minimum Gasteiger partial charge on any atom is -0.487 e. The largest absolute Gasteiger partial charge is 0.487 e. The molecule has 3 aromatic rings. The third-order valence-corrected chi connectivity index (χ3v) is 6.15. The molecule has 0 bridgehead atoms. The number of ether oxygens (including phenoxy) is 3. The number of hydrogen-bond acceptors (Lipinski definition) is 9. The van der Waals surface area contributed by atoms with Gasteiger partial charge in [0.25, 0.3) is 5.95 Å². The third kappa shape index (κ3) is 6.19. The van der Waals surface area contributed by atoms with Gasteiger partial charge in [0.05, 0.1) is 29.5 Å². The molecule has 1 aliphatic rings. The number of benzene rings is 2. The highest BCUT2D eigenvalue weighted by atomic mass is 35.5. The summed E-state index contributed by atoms with van der Waals surface area (Å²) in [5.74, 6) is 1.29. The highest BCUT2D eigenvalue weighted by Gasteiger charge is 2.28. The summed E-state index contributed by atoms with van der Waals surface area (Å²) in [6.07, 6.45) is 1.49. The van der Waals surface area contributed by atoms with Crippen molar-refractivity contribution in [2.75, 3.05) is 25.7 Å². The van der Waals surface area contributed by atoms with Crippen molar-refractivity contribution < 1.29 is 23.6 Å². The lowest BCUT2D eigenvalue weighted by molar-refractivity contribution is -0.955. The fraction of sp³-hybridized carbons (Fsp3) is 0.320. The number of nitrogens with one attached hydrogen (secondary N) is 1. The molecule has 0 saturated carbocycles. The topological polar surface area (TPSA) is 110 Å². The molecule has 0 spiro atoms. The van der Waals surface area contributed by atoms with Gasteiger partial charge in [-0.05, 0) is 45.6 Å². The zero-order valence-corrected chi connectivity index (χ0v) is 21.8. The normalized spacial score (nSPS) is 15.4. The summed E-state index contributed by atoms with van der Waals surface area (Å²) in [7, 11) is 1.42. The number of hydrogen-bond donors (Lipinski definition) is 3. The van der Waals surface area contributed by atoms with E-state index in [-0.39, 0.29) is 18.7 Å². The van der Waals surface area contributed by atoms with Gasteiger partial charge in [-0.15, -0.1) is 0 Å². The Morgan fingerprint density at radius 2 is 1.97 bits per heavy atom. The summed E-state index contributed by atoms with van der Waals surface area (Å²) >= 11 is 10.5. The number of nitrogens with zero attached hydrogens (tertiary/aromatic N) is 4. The van der Waals surface area contributed by atoms with Crippen LogP contribution in [0.25, 0.3) is 0 Å². The fourth-order valence-electron chi connectivity index (χ4n) is 3.62. The van der Waals surface area contributed by atoms with Crippen LogP contribution in [-0.4, -0.2) is 45.7 Å². The molecule has 0 radical (unpaired) electrons. The molecule has 9 nitrogen and oxygen atoms in total. The first kappa shape index (κ1) is 26.0. The van der Waals surface area contributed by atoms with Gasteiger partial charge in [0.1, 0.15) is 44.4 Å². The number of anilines is 1. The first-order valence-electron chi connectivity index (χ1n) is 11.2. The highest BCUT2D eigenvalue weighted by molar-refractivity contribution is 7.74. The van der Waals surface area contributed by atoms with E-state index in [0.717, 1.165) is 11.1 Å². The molecule has 1 aliphatic heterocycles. The van der Waals surface area contributed by atoms with E-state index in [1.165, 1.54) is 7.05 Å². The summed E-state index contributed by atoms with van der Waals surface area (Å²) in [5, 5.41) is 19.8. The molecule has 1 atom stereocenters. The molecule has 2 aromatic carbocycles. The summed E-state index contributed by atoms with van der Waals surface area (Å²) in [6, 6.07) is 15.3. The van der Waals surface area contributed by atoms with Gasteiger partial charge in [-0.1, -0.05) is 37.6 Å². The first-order valence-corrected chi connectivity index (χ1v) is 12.0. The van der Waals surface area contributed by atoms with Crippen molar-refractivity contribution in [1.29, 1.82) is 5.26 Å². The molecular weight excluding hydrogens is 502 g/mol. The molecule has 1 fully saturated rings. The molecule has 0 amide bonds. The quantitative estimate of drug-likeness (QED) is 0.208. The molecule has 36 heavy (non-hydrogen) atoms. The van der Waals surface area contributed by atoms with E-state index in [9.17, 15) is 10.5 Å². The van der Waals surface area contributed by atoms with Gasteiger partial charge in [0, 0.05) is 11.6 Å². The van der Waals surface area contributed by atoms with Gasteiger partial charge in [-0.3, -0.25) is 0 Å². The molecule has 1 aromatic heterocycles. The zero-order chi connectivity index (χ0) is 25.9. The standard InChI is InChI=1S/C25H27ClN5O4S/c1-25(2,18-10-16(12-27)23(22(26)11-18)35-21-14-33-15-21)17-4-6-20(7-5-17)34-13-19-8-9-28-24(29-19)30-31(3,32)36/h4-11,21,32,36H,13-15H2,1-3H3,(H,28,29,30)/q+1. The van der Waals surface area contributed by atoms with Gasteiger partial charge in [-0.25, -0.2) is 9.97 Å². The van der Waals surface area contributed by atoms with Crippen molar-refractivity contribution in [3.63, 3.8) is 0 Å². The van der Waals surface area contributed by atoms with E-state index in [1.807, 2.05) is 36.4 Å². The average Bonchev–Trinajstić information content (AvgIpc) is 2.79. The van der Waals surface area contributed by atoms with Gasteiger partial charge in [-0.2, -0.15) is 15.9 Å². The van der Waals surface area contributed by atoms with Crippen LogP contribution in [0.2, 0.25) is 5.02 Å². The van der Waals surface area contributed by atoms with Gasteiger partial charge >= 0.3 is 0 Å². The number of aromatic nitrogens is 2. The van der Waals surface area contributed by atoms with Crippen LogP contribution in [0.15, 0.2) is 48.7 Å². The number of hydroxylamine groups is 1. The average molecular weight is 529 g/mol. The van der Waals surface area contributed by atoms with Gasteiger partial charge in [0.2, 0.25) is 0 Å². The Labute approximate surface area is 220 Å². The number of thiol groups is 1. The maximum Gasteiger partial charge on any atom is 0.273 e. The summed E-state index contributed by atoms with van der Waals surface area (Å²) in [5.41, 5.74) is 5.15. The highest BCUT2D eigenvalue weighted by Crippen LogP contribution is 2.39. The number of halogens is 1. The second-order valence-corrected chi connectivity index (χ2v) is 10.2. The molecule has 1 unspecified atom stereocenters. The number of nitriles is 1. The Morgan fingerprint density at radius 3 is 2.58 bits per heavy atom. The molecule has 188 valence electrons. The van der Waals surface area contributed by atoms with Crippen molar-refractivity contribution >= 4 is 30.4 Å². The second-order valence-electron chi connectivity index (χ2n) is 9.06. The van der Waals surface area contributed by atoms with Crippen LogP contribution in [0.5, 0.6) is 11.5 Å². The maximum absolute atomic E-state index is 9.70. The Hall–Kier alpha value is -3.07. The zero-order valence-electron chi connectivity index (χ0n) is 20.1. The third-order valence-electron chi connectivity index (χ3n) is 5.77. The summed E-state index contributed by atoms with van der Waals surface area (Å²) in [6.45, 7) is 5.35. The van der Waals surface area contributed by atoms with Gasteiger partial charge in [0.15, 0.2) is 5.75 Å². The maximum atomic E-state index is 9.70. The molecule has 2 heterocycles. The smallest absolute Gasteiger partial charge is 0.273 e. The number of quaternary nitrogens is 1. The van der Waals surface area contributed by atoms with E-state index in [0.29, 0.717) is 41.0 Å². The lowest BCUT2D eigenvalue weighted by Crippen LogP contribution is -2.38. The number of rotatable bonds is 9. The Morgan fingerprint density at radius 1 is 1.25 bits per heavy atom. The van der Waals surface area contributed by atoms with Crippen LogP contribution < -0.4 is 14.9 Å². The van der Waals surface area contributed by atoms with Crippen LogP contribution in [-0.2, 0) is 16.8 Å². The fourth-order valence-corrected chi connectivity index (χ4v) is 3.97. The van der Waals surface area contributed by atoms with E-state index < -0.39 is 9.58 Å². The predicted molar refractivity (Wildman–Crippen MR) is 137 cm³/mol. The molecule has 11 heteroatoms. The molecule has 2 N–H and O–H groups in total. The van der Waals surface area contributed by atoms with E-state index in [4.69, 9.17) is 25.8 Å². The van der Waals surface area contributed by atoms with Crippen LogP contribution in [0.3, 0.4) is 0 Å². The lowest BCUT2D eigenvalue weighted by atomic mass is 9.77. The van der Waals surface area contributed by atoms with Crippen molar-refractivity contribution in [2.24, 2.45) is 0 Å². The SMILES string of the molecule is CC(C)(c1ccc(OCc2ccnc(N[N+](C)(O)S)n2)cc1)c1cc(Cl)c(OC2COC2)c(C#N)c1. The minimum atomic E-state index is -0.798. The van der Waals surface area contributed by atoms with Gasteiger partial charge < -0.3 is 14.2 Å². The second kappa shape index (κ2) is 10.5. The Kier molecular flexibility index (Phi) is 7.59. The van der Waals surface area contributed by atoms with E-state index in [2.05, 4.69) is 48.1 Å². The summed E-state index contributed by atoms with van der Waals surface area (Å²) < 4.78 is 16.1. The molecular formula is C25H27ClN5O4S+. The molecule has 4 rings (SSSR count). The molecule has 1 saturated heterocycles. The predicted octanol–water partition coefficient (Wildman–Crippen LogP) is 4.69. The van der Waals surface area contributed by atoms with Crippen molar-refractivity contribution in [3.8, 4) is 17.6 Å². The Bertz CT molecular complexity index is 1270. The Balaban J connectivity index is 1.47. The summed E-state index contributed by atoms with van der Waals surface area (Å²) in [4.78, 5) is 8.35. The van der Waals surface area contributed by atoms with Crippen LogP contribution >= 0.6 is 24.4 Å². The van der Waals surface area contributed by atoms with E-state index in [1.54, 1.807) is 12.3 Å². The molecule has 0 aliphatic carbocycles. The van der Waals surface area contributed by atoms with Crippen molar-refractivity contribution in [2.45, 2.75) is 32.0 Å². The monoisotopic (exact) mass is 528 g/mol. The van der Waals surface area contributed by atoms with Crippen LogP contribution in [0.1, 0.15) is 36.2 Å². The van der Waals surface area contributed by atoms with Crippen molar-refractivity contribution in [3.05, 3.63) is 76.1 Å². The first-order chi connectivity index (χ1) is 17.0. The lowest BCUT2D eigenvalue weighted by Gasteiger charge is -2.30.